The molecule has 6 heteroatoms. The van der Waals surface area contributed by atoms with Gasteiger partial charge in [-0.05, 0) is 12.0 Å². The van der Waals surface area contributed by atoms with E-state index in [1.165, 1.54) is 5.56 Å². The van der Waals surface area contributed by atoms with E-state index >= 15 is 0 Å². The zero-order valence-corrected chi connectivity index (χ0v) is 15.4. The van der Waals surface area contributed by atoms with Gasteiger partial charge in [0.1, 0.15) is 0 Å². The van der Waals surface area contributed by atoms with Crippen LogP contribution in [0.3, 0.4) is 0 Å². The van der Waals surface area contributed by atoms with Crippen molar-refractivity contribution in [2.75, 3.05) is 60.2 Å². The van der Waals surface area contributed by atoms with Gasteiger partial charge in [-0.25, -0.2) is 0 Å². The predicted molar refractivity (Wildman–Crippen MR) is 99.8 cm³/mol. The van der Waals surface area contributed by atoms with E-state index in [0.717, 1.165) is 38.6 Å². The Labute approximate surface area is 151 Å². The number of guanidine groups is 1. The summed E-state index contributed by atoms with van der Waals surface area (Å²) >= 11 is 0. The molecule has 1 aromatic rings. The first kappa shape index (κ1) is 19.7. The van der Waals surface area contributed by atoms with Crippen molar-refractivity contribution in [1.29, 1.82) is 0 Å². The fourth-order valence-electron chi connectivity index (χ4n) is 2.89. The second kappa shape index (κ2) is 11.8. The summed E-state index contributed by atoms with van der Waals surface area (Å²) in [5.41, 5.74) is 1.23. The number of rotatable bonds is 10. The number of hydrogen-bond acceptors (Lipinski definition) is 4. The summed E-state index contributed by atoms with van der Waals surface area (Å²) in [6.45, 7) is 6.14. The van der Waals surface area contributed by atoms with E-state index in [4.69, 9.17) is 14.2 Å². The molecule has 1 aliphatic rings. The zero-order chi connectivity index (χ0) is 17.7. The van der Waals surface area contributed by atoms with Crippen molar-refractivity contribution in [3.05, 3.63) is 35.9 Å². The van der Waals surface area contributed by atoms with Gasteiger partial charge in [0, 0.05) is 39.7 Å². The van der Waals surface area contributed by atoms with Crippen molar-refractivity contribution < 1.29 is 14.2 Å². The minimum absolute atomic E-state index is 0.556. The summed E-state index contributed by atoms with van der Waals surface area (Å²) in [5, 5.41) is 3.36. The number of hydrogen-bond donors (Lipinski definition) is 1. The van der Waals surface area contributed by atoms with Crippen LogP contribution < -0.4 is 5.32 Å². The van der Waals surface area contributed by atoms with Gasteiger partial charge in [-0.3, -0.25) is 4.99 Å². The smallest absolute Gasteiger partial charge is 0.193 e. The Morgan fingerprint density at radius 1 is 1.20 bits per heavy atom. The molecule has 0 bridgehead atoms. The van der Waals surface area contributed by atoms with Crippen molar-refractivity contribution >= 4 is 5.96 Å². The summed E-state index contributed by atoms with van der Waals surface area (Å²) in [7, 11) is 3.50. The topological polar surface area (TPSA) is 55.3 Å². The number of ether oxygens (including phenoxy) is 3. The Morgan fingerprint density at radius 2 is 2.04 bits per heavy atom. The van der Waals surface area contributed by atoms with Crippen molar-refractivity contribution in [2.24, 2.45) is 10.9 Å². The third kappa shape index (κ3) is 7.42. The van der Waals surface area contributed by atoms with Crippen LogP contribution in [0.2, 0.25) is 0 Å². The molecule has 0 spiro atoms. The Bertz CT molecular complexity index is 496. The van der Waals surface area contributed by atoms with E-state index in [9.17, 15) is 0 Å². The molecule has 1 atom stereocenters. The quantitative estimate of drug-likeness (QED) is 0.396. The number of nitrogens with one attached hydrogen (secondary N) is 1. The molecule has 25 heavy (non-hydrogen) atoms. The molecule has 6 nitrogen and oxygen atoms in total. The Hall–Kier alpha value is -1.63. The molecule has 0 amide bonds. The lowest BCUT2D eigenvalue weighted by Gasteiger charge is -2.21. The predicted octanol–water partition coefficient (Wildman–Crippen LogP) is 1.76. The van der Waals surface area contributed by atoms with Crippen LogP contribution in [0, 0.1) is 5.92 Å². The number of nitrogens with zero attached hydrogens (tertiary/aromatic N) is 2. The second-order valence-corrected chi connectivity index (χ2v) is 6.18. The molecule has 1 saturated heterocycles. The summed E-state index contributed by atoms with van der Waals surface area (Å²) in [6, 6.07) is 10.3. The fraction of sp³-hybridized carbons (Fsp3) is 0.632. The lowest BCUT2D eigenvalue weighted by atomic mass is 10.1. The van der Waals surface area contributed by atoms with Gasteiger partial charge in [-0.15, -0.1) is 0 Å². The van der Waals surface area contributed by atoms with Crippen LogP contribution in [-0.2, 0) is 20.8 Å². The SMILES string of the molecule is CN=C(NCCOCCOC)N1CCC(COCc2ccccc2)C1. The molecular weight excluding hydrogens is 318 g/mol. The first-order valence-corrected chi connectivity index (χ1v) is 8.97. The first-order chi connectivity index (χ1) is 12.3. The molecule has 0 saturated carbocycles. The van der Waals surface area contributed by atoms with Crippen molar-refractivity contribution in [3.8, 4) is 0 Å². The Kier molecular flexibility index (Phi) is 9.33. The molecule has 1 aliphatic heterocycles. The van der Waals surface area contributed by atoms with Crippen molar-refractivity contribution in [3.63, 3.8) is 0 Å². The van der Waals surface area contributed by atoms with Crippen molar-refractivity contribution in [2.45, 2.75) is 13.0 Å². The summed E-state index contributed by atoms with van der Waals surface area (Å²) in [5.74, 6) is 1.50. The average molecular weight is 349 g/mol. The highest BCUT2D eigenvalue weighted by Crippen LogP contribution is 2.17. The Balaban J connectivity index is 1.61. The van der Waals surface area contributed by atoms with Gasteiger partial charge in [0.2, 0.25) is 0 Å². The van der Waals surface area contributed by atoms with Crippen LogP contribution in [0.15, 0.2) is 35.3 Å². The highest BCUT2D eigenvalue weighted by Gasteiger charge is 2.24. The van der Waals surface area contributed by atoms with Gasteiger partial charge in [-0.2, -0.15) is 0 Å². The molecular formula is C19H31N3O3. The molecule has 1 N–H and O–H groups in total. The van der Waals surface area contributed by atoms with Crippen molar-refractivity contribution in [1.82, 2.24) is 10.2 Å². The van der Waals surface area contributed by atoms with Gasteiger partial charge in [0.25, 0.3) is 0 Å². The molecule has 0 aromatic heterocycles. The molecule has 1 aromatic carbocycles. The van der Waals surface area contributed by atoms with Gasteiger partial charge in [0.05, 0.1) is 33.0 Å². The van der Waals surface area contributed by atoms with E-state index in [0.29, 0.717) is 32.3 Å². The molecule has 1 heterocycles. The summed E-state index contributed by atoms with van der Waals surface area (Å²) in [4.78, 5) is 6.67. The highest BCUT2D eigenvalue weighted by atomic mass is 16.5. The van der Waals surface area contributed by atoms with Gasteiger partial charge < -0.3 is 24.4 Å². The normalized spacial score (nSPS) is 17.9. The molecule has 0 aliphatic carbocycles. The third-order valence-corrected chi connectivity index (χ3v) is 4.22. The fourth-order valence-corrected chi connectivity index (χ4v) is 2.89. The number of aliphatic imine (C=N–C) groups is 1. The number of methoxy groups -OCH3 is 1. The van der Waals surface area contributed by atoms with Crippen LogP contribution in [-0.4, -0.2) is 71.1 Å². The third-order valence-electron chi connectivity index (χ3n) is 4.22. The van der Waals surface area contributed by atoms with E-state index in [1.54, 1.807) is 7.11 Å². The molecule has 140 valence electrons. The van der Waals surface area contributed by atoms with Gasteiger partial charge in [0.15, 0.2) is 5.96 Å². The van der Waals surface area contributed by atoms with Crippen LogP contribution >= 0.6 is 0 Å². The van der Waals surface area contributed by atoms with Gasteiger partial charge >= 0.3 is 0 Å². The molecule has 2 rings (SSSR count). The summed E-state index contributed by atoms with van der Waals surface area (Å²) in [6.07, 6.45) is 1.14. The lowest BCUT2D eigenvalue weighted by molar-refractivity contribution is 0.0731. The average Bonchev–Trinajstić information content (AvgIpc) is 3.11. The largest absolute Gasteiger partial charge is 0.382 e. The first-order valence-electron chi connectivity index (χ1n) is 8.97. The van der Waals surface area contributed by atoms with Crippen LogP contribution in [0.1, 0.15) is 12.0 Å². The van der Waals surface area contributed by atoms with Gasteiger partial charge in [-0.1, -0.05) is 30.3 Å². The maximum absolute atomic E-state index is 5.88. The van der Waals surface area contributed by atoms with E-state index < -0.39 is 0 Å². The highest BCUT2D eigenvalue weighted by molar-refractivity contribution is 5.80. The zero-order valence-electron chi connectivity index (χ0n) is 15.4. The minimum atomic E-state index is 0.556. The van der Waals surface area contributed by atoms with Crippen LogP contribution in [0.4, 0.5) is 0 Å². The maximum Gasteiger partial charge on any atom is 0.193 e. The maximum atomic E-state index is 5.88. The molecule has 1 unspecified atom stereocenters. The lowest BCUT2D eigenvalue weighted by Crippen LogP contribution is -2.41. The second-order valence-electron chi connectivity index (χ2n) is 6.18. The number of benzene rings is 1. The standard InChI is InChI=1S/C19H31N3O3/c1-20-19(21-9-11-24-13-12-23-2)22-10-8-18(14-22)16-25-15-17-6-4-3-5-7-17/h3-7,18H,8-16H2,1-2H3,(H,20,21). The monoisotopic (exact) mass is 349 g/mol. The molecule has 1 fully saturated rings. The van der Waals surface area contributed by atoms with E-state index in [1.807, 2.05) is 25.2 Å². The van der Waals surface area contributed by atoms with Crippen LogP contribution in [0.25, 0.3) is 0 Å². The van der Waals surface area contributed by atoms with E-state index in [2.05, 4.69) is 27.3 Å². The number of likely N-dealkylation sites (tertiary alicyclic amines) is 1. The Morgan fingerprint density at radius 3 is 2.80 bits per heavy atom. The summed E-state index contributed by atoms with van der Waals surface area (Å²) < 4.78 is 16.3. The minimum Gasteiger partial charge on any atom is -0.382 e. The van der Waals surface area contributed by atoms with Crippen LogP contribution in [0.5, 0.6) is 0 Å². The van der Waals surface area contributed by atoms with E-state index in [-0.39, 0.29) is 0 Å². The molecule has 0 radical (unpaired) electrons.